The van der Waals surface area contributed by atoms with Gasteiger partial charge in [-0.1, -0.05) is 23.7 Å². The summed E-state index contributed by atoms with van der Waals surface area (Å²) in [5, 5.41) is 3.22. The van der Waals surface area contributed by atoms with Crippen molar-refractivity contribution in [1.82, 2.24) is 4.98 Å². The van der Waals surface area contributed by atoms with E-state index in [0.717, 1.165) is 5.52 Å². The van der Waals surface area contributed by atoms with Crippen LogP contribution in [-0.2, 0) is 0 Å². The SMILES string of the molecule is COc1ccc(C(=O)Nc2cc(-c3nc4ccccc4o3)ccc2Cl)cc1OC. The van der Waals surface area contributed by atoms with Crippen molar-refractivity contribution in [2.45, 2.75) is 0 Å². The number of nitrogens with one attached hydrogen (secondary N) is 1. The molecule has 0 bridgehead atoms. The van der Waals surface area contributed by atoms with Gasteiger partial charge < -0.3 is 19.2 Å². The van der Waals surface area contributed by atoms with Crippen LogP contribution in [0.4, 0.5) is 5.69 Å². The van der Waals surface area contributed by atoms with Gasteiger partial charge in [0.2, 0.25) is 5.89 Å². The number of amides is 1. The van der Waals surface area contributed by atoms with Gasteiger partial charge in [-0.3, -0.25) is 4.79 Å². The van der Waals surface area contributed by atoms with Crippen LogP contribution >= 0.6 is 11.6 Å². The van der Waals surface area contributed by atoms with Crippen LogP contribution in [0.2, 0.25) is 5.02 Å². The number of aromatic nitrogens is 1. The van der Waals surface area contributed by atoms with Crippen LogP contribution in [-0.4, -0.2) is 25.1 Å². The highest BCUT2D eigenvalue weighted by atomic mass is 35.5. The third-order valence-corrected chi connectivity index (χ3v) is 4.73. The van der Waals surface area contributed by atoms with Crippen LogP contribution < -0.4 is 14.8 Å². The molecule has 0 spiro atoms. The zero-order valence-electron chi connectivity index (χ0n) is 15.7. The number of rotatable bonds is 5. The normalized spacial score (nSPS) is 10.7. The van der Waals surface area contributed by atoms with Crippen molar-refractivity contribution < 1.29 is 18.7 Å². The highest BCUT2D eigenvalue weighted by Crippen LogP contribution is 2.32. The lowest BCUT2D eigenvalue weighted by molar-refractivity contribution is 0.102. The minimum atomic E-state index is -0.331. The first-order valence-electron chi connectivity index (χ1n) is 8.78. The molecule has 0 aliphatic carbocycles. The van der Waals surface area contributed by atoms with E-state index in [2.05, 4.69) is 10.3 Å². The van der Waals surface area contributed by atoms with Gasteiger partial charge in [0.15, 0.2) is 17.1 Å². The van der Waals surface area contributed by atoms with Crippen molar-refractivity contribution in [2.75, 3.05) is 19.5 Å². The number of methoxy groups -OCH3 is 2. The molecule has 0 saturated heterocycles. The van der Waals surface area contributed by atoms with Crippen LogP contribution in [0.15, 0.2) is 65.1 Å². The Kier molecular flexibility index (Phi) is 5.10. The first-order chi connectivity index (χ1) is 14.1. The van der Waals surface area contributed by atoms with Crippen LogP contribution in [0.25, 0.3) is 22.6 Å². The number of hydrogen-bond acceptors (Lipinski definition) is 5. The molecule has 0 unspecified atom stereocenters. The summed E-state index contributed by atoms with van der Waals surface area (Å²) in [6.07, 6.45) is 0. The molecule has 29 heavy (non-hydrogen) atoms. The number of benzene rings is 3. The molecule has 1 N–H and O–H groups in total. The Hall–Kier alpha value is -3.51. The van der Waals surface area contributed by atoms with Crippen molar-refractivity contribution in [1.29, 1.82) is 0 Å². The lowest BCUT2D eigenvalue weighted by atomic mass is 10.1. The zero-order chi connectivity index (χ0) is 20.4. The number of hydrogen-bond donors (Lipinski definition) is 1. The van der Waals surface area contributed by atoms with E-state index in [1.807, 2.05) is 24.3 Å². The summed E-state index contributed by atoms with van der Waals surface area (Å²) in [6.45, 7) is 0. The Morgan fingerprint density at radius 3 is 2.55 bits per heavy atom. The van der Waals surface area contributed by atoms with Gasteiger partial charge in [0.05, 0.1) is 24.9 Å². The van der Waals surface area contributed by atoms with Gasteiger partial charge in [-0.05, 0) is 48.5 Å². The van der Waals surface area contributed by atoms with Crippen molar-refractivity contribution >= 4 is 34.3 Å². The Morgan fingerprint density at radius 1 is 1.00 bits per heavy atom. The topological polar surface area (TPSA) is 73.6 Å². The maximum atomic E-state index is 12.7. The second-order valence-corrected chi connectivity index (χ2v) is 6.61. The summed E-state index contributed by atoms with van der Waals surface area (Å²) in [7, 11) is 3.05. The minimum absolute atomic E-state index is 0.331. The molecular formula is C22H17ClN2O4. The predicted molar refractivity (Wildman–Crippen MR) is 112 cm³/mol. The van der Waals surface area contributed by atoms with Crippen molar-refractivity contribution in [3.8, 4) is 23.0 Å². The van der Waals surface area contributed by atoms with E-state index >= 15 is 0 Å². The second-order valence-electron chi connectivity index (χ2n) is 6.21. The Labute approximate surface area is 172 Å². The summed E-state index contributed by atoms with van der Waals surface area (Å²) >= 11 is 6.29. The van der Waals surface area contributed by atoms with Gasteiger partial charge in [-0.15, -0.1) is 0 Å². The third kappa shape index (κ3) is 3.75. The molecule has 1 amide bonds. The smallest absolute Gasteiger partial charge is 0.255 e. The Balaban J connectivity index is 1.63. The number of halogens is 1. The van der Waals surface area contributed by atoms with Crippen molar-refractivity contribution in [3.63, 3.8) is 0 Å². The highest BCUT2D eigenvalue weighted by Gasteiger charge is 2.15. The molecule has 0 atom stereocenters. The van der Waals surface area contributed by atoms with Crippen molar-refractivity contribution in [3.05, 3.63) is 71.2 Å². The van der Waals surface area contributed by atoms with E-state index in [0.29, 0.717) is 44.8 Å². The number of ether oxygens (including phenoxy) is 2. The van der Waals surface area contributed by atoms with Crippen LogP contribution in [0.3, 0.4) is 0 Å². The molecule has 6 nitrogen and oxygen atoms in total. The molecule has 7 heteroatoms. The van der Waals surface area contributed by atoms with E-state index < -0.39 is 0 Å². The second kappa shape index (κ2) is 7.85. The Bertz CT molecular complexity index is 1170. The summed E-state index contributed by atoms with van der Waals surface area (Å²) < 4.78 is 16.3. The van der Waals surface area contributed by atoms with E-state index in [1.165, 1.54) is 14.2 Å². The van der Waals surface area contributed by atoms with E-state index in [4.69, 9.17) is 25.5 Å². The molecule has 0 radical (unpaired) electrons. The number of oxazole rings is 1. The number of carbonyl (C=O) groups excluding carboxylic acids is 1. The molecule has 4 aromatic rings. The Morgan fingerprint density at radius 2 is 1.79 bits per heavy atom. The minimum Gasteiger partial charge on any atom is -0.493 e. The quantitative estimate of drug-likeness (QED) is 0.477. The third-order valence-electron chi connectivity index (χ3n) is 4.40. The van der Waals surface area contributed by atoms with E-state index in [-0.39, 0.29) is 5.91 Å². The standard InChI is InChI=1S/C22H17ClN2O4/c1-27-19-10-8-13(12-20(19)28-2)21(26)24-17-11-14(7-9-15(17)23)22-25-16-5-3-4-6-18(16)29-22/h3-12H,1-2H3,(H,24,26). The highest BCUT2D eigenvalue weighted by molar-refractivity contribution is 6.34. The number of para-hydroxylation sites is 2. The lowest BCUT2D eigenvalue weighted by Crippen LogP contribution is -2.12. The van der Waals surface area contributed by atoms with Gasteiger partial charge in [-0.2, -0.15) is 0 Å². The maximum Gasteiger partial charge on any atom is 0.255 e. The van der Waals surface area contributed by atoms with Gasteiger partial charge >= 0.3 is 0 Å². The summed E-state index contributed by atoms with van der Waals surface area (Å²) in [4.78, 5) is 17.2. The molecule has 0 aliphatic heterocycles. The molecule has 1 heterocycles. The molecule has 0 fully saturated rings. The molecular weight excluding hydrogens is 392 g/mol. The fourth-order valence-electron chi connectivity index (χ4n) is 2.92. The molecule has 1 aromatic heterocycles. The number of fused-ring (bicyclic) bond motifs is 1. The molecule has 146 valence electrons. The number of anilines is 1. The van der Waals surface area contributed by atoms with Gasteiger partial charge in [0.1, 0.15) is 5.52 Å². The number of carbonyl (C=O) groups is 1. The summed E-state index contributed by atoms with van der Waals surface area (Å²) in [6, 6.07) is 17.6. The molecule has 0 aliphatic rings. The van der Waals surface area contributed by atoms with Gasteiger partial charge in [0.25, 0.3) is 5.91 Å². The molecule has 0 saturated carbocycles. The van der Waals surface area contributed by atoms with Crippen LogP contribution in [0.1, 0.15) is 10.4 Å². The van der Waals surface area contributed by atoms with Crippen LogP contribution in [0, 0.1) is 0 Å². The maximum absolute atomic E-state index is 12.7. The molecule has 4 rings (SSSR count). The summed E-state index contributed by atoms with van der Waals surface area (Å²) in [5.74, 6) is 1.12. The fraction of sp³-hybridized carbons (Fsp3) is 0.0909. The largest absolute Gasteiger partial charge is 0.493 e. The predicted octanol–water partition coefficient (Wildman–Crippen LogP) is 5.42. The molecule has 3 aromatic carbocycles. The first kappa shape index (κ1) is 18.8. The van der Waals surface area contributed by atoms with Gasteiger partial charge in [-0.25, -0.2) is 4.98 Å². The average molecular weight is 409 g/mol. The van der Waals surface area contributed by atoms with Crippen molar-refractivity contribution in [2.24, 2.45) is 0 Å². The number of nitrogens with zero attached hydrogens (tertiary/aromatic N) is 1. The van der Waals surface area contributed by atoms with E-state index in [1.54, 1.807) is 36.4 Å². The van der Waals surface area contributed by atoms with Crippen LogP contribution in [0.5, 0.6) is 11.5 Å². The first-order valence-corrected chi connectivity index (χ1v) is 9.15. The van der Waals surface area contributed by atoms with Gasteiger partial charge in [0, 0.05) is 11.1 Å². The lowest BCUT2D eigenvalue weighted by Gasteiger charge is -2.11. The van der Waals surface area contributed by atoms with E-state index in [9.17, 15) is 4.79 Å². The average Bonchev–Trinajstić information content (AvgIpc) is 3.19. The fourth-order valence-corrected chi connectivity index (χ4v) is 3.09. The zero-order valence-corrected chi connectivity index (χ0v) is 16.5. The monoisotopic (exact) mass is 408 g/mol. The summed E-state index contributed by atoms with van der Waals surface area (Å²) in [5.41, 5.74) is 3.01.